The molecule has 0 aliphatic heterocycles. The molecule has 20 heavy (non-hydrogen) atoms. The average molecular weight is 308 g/mol. The Hall–Kier alpha value is -0.940. The fourth-order valence-electron chi connectivity index (χ4n) is 2.96. The van der Waals surface area contributed by atoms with E-state index in [-0.39, 0.29) is 0 Å². The van der Waals surface area contributed by atoms with E-state index in [1.807, 2.05) is 13.1 Å². The molecule has 0 aromatic carbocycles. The van der Waals surface area contributed by atoms with E-state index in [0.717, 1.165) is 24.1 Å². The third-order valence-electron chi connectivity index (χ3n) is 3.99. The van der Waals surface area contributed by atoms with Crippen LogP contribution >= 0.6 is 11.3 Å². The van der Waals surface area contributed by atoms with Crippen LogP contribution in [-0.2, 0) is 10.8 Å². The quantitative estimate of drug-likeness (QED) is 0.934. The summed E-state index contributed by atoms with van der Waals surface area (Å²) in [6.45, 7) is 2.02. The average Bonchev–Trinajstić information content (AvgIpc) is 2.96. The molecule has 1 N–H and O–H groups in total. The Morgan fingerprint density at radius 1 is 1.45 bits per heavy atom. The molecular weight excluding hydrogens is 288 g/mol. The highest BCUT2D eigenvalue weighted by molar-refractivity contribution is 7.85. The summed E-state index contributed by atoms with van der Waals surface area (Å²) in [5.74, 6) is 0.780. The molecule has 1 aliphatic carbocycles. The van der Waals surface area contributed by atoms with Crippen molar-refractivity contribution in [1.29, 1.82) is 0 Å². The smallest absolute Gasteiger partial charge is 0.0830 e. The summed E-state index contributed by atoms with van der Waals surface area (Å²) in [5.41, 5.74) is 2.24. The van der Waals surface area contributed by atoms with Crippen LogP contribution in [0.15, 0.2) is 23.7 Å². The number of rotatable bonds is 4. The Kier molecular flexibility index (Phi) is 4.36. The molecule has 2 heterocycles. The van der Waals surface area contributed by atoms with Crippen molar-refractivity contribution < 1.29 is 4.21 Å². The lowest BCUT2D eigenvalue weighted by Crippen LogP contribution is -2.33. The highest BCUT2D eigenvalue weighted by Crippen LogP contribution is 2.30. The number of pyridine rings is 1. The van der Waals surface area contributed by atoms with E-state index in [4.69, 9.17) is 0 Å². The maximum Gasteiger partial charge on any atom is 0.0830 e. The first-order valence-electron chi connectivity index (χ1n) is 7.24. The molecule has 2 aromatic heterocycles. The minimum atomic E-state index is -0.661. The minimum Gasteiger partial charge on any atom is -0.381 e. The number of thiophene rings is 1. The molecule has 3 atom stereocenters. The molecule has 0 spiro atoms. The van der Waals surface area contributed by atoms with Crippen molar-refractivity contribution in [3.8, 4) is 0 Å². The molecule has 3 unspecified atom stereocenters. The topological polar surface area (TPSA) is 42.0 Å². The Morgan fingerprint density at radius 2 is 2.35 bits per heavy atom. The van der Waals surface area contributed by atoms with Gasteiger partial charge in [0.1, 0.15) is 0 Å². The number of hydrogen-bond donors (Lipinski definition) is 1. The van der Waals surface area contributed by atoms with Gasteiger partial charge >= 0.3 is 0 Å². The highest BCUT2D eigenvalue weighted by Gasteiger charge is 2.25. The van der Waals surface area contributed by atoms with Crippen LogP contribution in [0.25, 0.3) is 10.2 Å². The van der Waals surface area contributed by atoms with Gasteiger partial charge in [0.15, 0.2) is 0 Å². The second kappa shape index (κ2) is 6.22. The van der Waals surface area contributed by atoms with E-state index in [9.17, 15) is 4.21 Å². The van der Waals surface area contributed by atoms with Crippen LogP contribution in [0.3, 0.4) is 0 Å². The molecule has 3 rings (SSSR count). The van der Waals surface area contributed by atoms with Crippen molar-refractivity contribution in [3.05, 3.63) is 23.7 Å². The van der Waals surface area contributed by atoms with Gasteiger partial charge in [-0.25, -0.2) is 0 Å². The molecule has 1 fully saturated rings. The van der Waals surface area contributed by atoms with Gasteiger partial charge in [-0.2, -0.15) is 0 Å². The number of nitrogens with zero attached hydrogens (tertiary/aromatic N) is 1. The van der Waals surface area contributed by atoms with Gasteiger partial charge in [-0.1, -0.05) is 13.3 Å². The molecule has 2 aromatic rings. The molecule has 0 saturated heterocycles. The number of anilines is 1. The van der Waals surface area contributed by atoms with Gasteiger partial charge in [0, 0.05) is 34.0 Å². The number of fused-ring (bicyclic) bond motifs is 1. The summed E-state index contributed by atoms with van der Waals surface area (Å²) in [5, 5.41) is 6.10. The molecule has 0 bridgehead atoms. The molecule has 0 amide bonds. The van der Waals surface area contributed by atoms with Gasteiger partial charge in [-0.05, 0) is 36.8 Å². The standard InChI is InChI=1S/C15H20N2OS2/c1-2-20(18)12-5-3-4-11(10-12)17-14-6-8-16-13-7-9-19-15(13)14/h6-9,11-12H,2-5,10H2,1H3,(H,16,17). The second-order valence-electron chi connectivity index (χ2n) is 5.29. The minimum absolute atomic E-state index is 0.368. The molecule has 1 aliphatic rings. The van der Waals surface area contributed by atoms with Crippen LogP contribution < -0.4 is 5.32 Å². The zero-order valence-corrected chi connectivity index (χ0v) is 13.3. The molecule has 3 nitrogen and oxygen atoms in total. The van der Waals surface area contributed by atoms with Gasteiger partial charge in [0.2, 0.25) is 0 Å². The largest absolute Gasteiger partial charge is 0.381 e. The van der Waals surface area contributed by atoms with Gasteiger partial charge in [-0.3, -0.25) is 9.19 Å². The maximum absolute atomic E-state index is 12.0. The molecule has 0 radical (unpaired) electrons. The molecule has 5 heteroatoms. The Bertz CT molecular complexity index is 611. The van der Waals surface area contributed by atoms with Crippen LogP contribution in [0.1, 0.15) is 32.6 Å². The van der Waals surface area contributed by atoms with Gasteiger partial charge in [0.05, 0.1) is 15.9 Å². The first-order chi connectivity index (χ1) is 9.78. The molecular formula is C15H20N2OS2. The maximum atomic E-state index is 12.0. The summed E-state index contributed by atoms with van der Waals surface area (Å²) in [4.78, 5) is 4.37. The lowest BCUT2D eigenvalue weighted by atomic mass is 9.95. The van der Waals surface area contributed by atoms with Crippen LogP contribution in [0.2, 0.25) is 0 Å². The Morgan fingerprint density at radius 3 is 3.20 bits per heavy atom. The van der Waals surface area contributed by atoms with Crippen LogP contribution in [-0.4, -0.2) is 26.2 Å². The highest BCUT2D eigenvalue weighted by atomic mass is 32.2. The van der Waals surface area contributed by atoms with Crippen molar-refractivity contribution in [1.82, 2.24) is 4.98 Å². The predicted octanol–water partition coefficient (Wildman–Crippen LogP) is 3.79. The fraction of sp³-hybridized carbons (Fsp3) is 0.533. The SMILES string of the molecule is CCS(=O)C1CCCC(Nc2ccnc3ccsc23)C1. The summed E-state index contributed by atoms with van der Waals surface area (Å²) < 4.78 is 13.2. The first kappa shape index (κ1) is 14.0. The van der Waals surface area contributed by atoms with Crippen LogP contribution in [0.4, 0.5) is 5.69 Å². The van der Waals surface area contributed by atoms with E-state index in [2.05, 4.69) is 27.8 Å². The third-order valence-corrected chi connectivity index (χ3v) is 6.66. The second-order valence-corrected chi connectivity index (χ2v) is 8.21. The van der Waals surface area contributed by atoms with Crippen LogP contribution in [0, 0.1) is 0 Å². The van der Waals surface area contributed by atoms with E-state index < -0.39 is 10.8 Å². The summed E-state index contributed by atoms with van der Waals surface area (Å²) >= 11 is 1.73. The lowest BCUT2D eigenvalue weighted by Gasteiger charge is -2.29. The fourth-order valence-corrected chi connectivity index (χ4v) is 5.13. The number of aromatic nitrogens is 1. The zero-order chi connectivity index (χ0) is 13.9. The Labute approximate surface area is 126 Å². The van der Waals surface area contributed by atoms with Crippen molar-refractivity contribution in [3.63, 3.8) is 0 Å². The molecule has 108 valence electrons. The molecule has 1 saturated carbocycles. The van der Waals surface area contributed by atoms with Gasteiger partial charge in [0.25, 0.3) is 0 Å². The first-order valence-corrected chi connectivity index (χ1v) is 9.50. The Balaban J connectivity index is 1.74. The van der Waals surface area contributed by atoms with E-state index in [0.29, 0.717) is 11.3 Å². The van der Waals surface area contributed by atoms with Gasteiger partial charge in [-0.15, -0.1) is 11.3 Å². The van der Waals surface area contributed by atoms with E-state index in [1.54, 1.807) is 11.3 Å². The lowest BCUT2D eigenvalue weighted by molar-refractivity contribution is 0.465. The van der Waals surface area contributed by atoms with Crippen molar-refractivity contribution in [2.24, 2.45) is 0 Å². The van der Waals surface area contributed by atoms with Crippen LogP contribution in [0.5, 0.6) is 0 Å². The summed E-state index contributed by atoms with van der Waals surface area (Å²) in [6.07, 6.45) is 6.35. The van der Waals surface area contributed by atoms with E-state index >= 15 is 0 Å². The zero-order valence-electron chi connectivity index (χ0n) is 11.7. The van der Waals surface area contributed by atoms with Crippen molar-refractivity contribution >= 4 is 38.0 Å². The normalized spacial score (nSPS) is 24.6. The third kappa shape index (κ3) is 2.88. The van der Waals surface area contributed by atoms with Gasteiger partial charge < -0.3 is 5.32 Å². The van der Waals surface area contributed by atoms with Crippen molar-refractivity contribution in [2.45, 2.75) is 43.9 Å². The number of nitrogens with one attached hydrogen (secondary N) is 1. The summed E-state index contributed by atoms with van der Waals surface area (Å²) in [6, 6.07) is 4.55. The van der Waals surface area contributed by atoms with E-state index in [1.165, 1.54) is 23.2 Å². The summed E-state index contributed by atoms with van der Waals surface area (Å²) in [7, 11) is -0.661. The monoisotopic (exact) mass is 308 g/mol. The van der Waals surface area contributed by atoms with Crippen molar-refractivity contribution in [2.75, 3.05) is 11.1 Å². The predicted molar refractivity (Wildman–Crippen MR) is 88.0 cm³/mol. The number of hydrogen-bond acceptors (Lipinski definition) is 4.